The van der Waals surface area contributed by atoms with E-state index in [0.717, 1.165) is 11.1 Å². The molecule has 0 aliphatic rings. The van der Waals surface area contributed by atoms with E-state index in [4.69, 9.17) is 0 Å². The quantitative estimate of drug-likeness (QED) is 0.492. The van der Waals surface area contributed by atoms with E-state index in [1.165, 1.54) is 6.07 Å². The van der Waals surface area contributed by atoms with Gasteiger partial charge in [-0.1, -0.05) is 17.7 Å². The van der Waals surface area contributed by atoms with E-state index in [2.05, 4.69) is 5.11 Å². The molecule has 0 unspecified atom stereocenters. The zero-order valence-corrected chi connectivity index (χ0v) is 10.3. The molecule has 0 atom stereocenters. The van der Waals surface area contributed by atoms with E-state index in [-0.39, 0.29) is 5.75 Å². The van der Waals surface area contributed by atoms with Crippen molar-refractivity contribution >= 4 is 11.4 Å². The Morgan fingerprint density at radius 1 is 1.06 bits per heavy atom. The number of phenols is 1. The summed E-state index contributed by atoms with van der Waals surface area (Å²) in [6.07, 6.45) is 0. The van der Waals surface area contributed by atoms with Gasteiger partial charge >= 0.3 is 0 Å². The minimum absolute atomic E-state index is 0.0902. The number of rotatable bonds is 2. The average Bonchev–Trinajstić information content (AvgIpc) is 2.35. The highest BCUT2D eigenvalue weighted by molar-refractivity contribution is 5.43. The topological polar surface area (TPSA) is 58.7 Å². The molecule has 0 spiro atoms. The molecule has 0 heterocycles. The molecular weight excluding hydrogens is 228 g/mol. The summed E-state index contributed by atoms with van der Waals surface area (Å²) in [6, 6.07) is 12.0. The molecule has 2 rings (SSSR count). The van der Waals surface area contributed by atoms with Gasteiger partial charge in [-0.2, -0.15) is 0 Å². The molecule has 4 nitrogen and oxygen atoms in total. The number of phenolic OH excluding ortho intramolecular Hbond substituents is 1. The Bertz CT molecular complexity index is 589. The van der Waals surface area contributed by atoms with Gasteiger partial charge in [-0.05, 0) is 42.5 Å². The van der Waals surface area contributed by atoms with Crippen molar-refractivity contribution in [2.45, 2.75) is 13.8 Å². The predicted molar refractivity (Wildman–Crippen MR) is 69.4 cm³/mol. The Morgan fingerprint density at radius 3 is 2.33 bits per heavy atom. The van der Waals surface area contributed by atoms with Crippen LogP contribution < -0.4 is 0 Å². The maximum atomic E-state index is 11.8. The van der Waals surface area contributed by atoms with Crippen LogP contribution in [0.15, 0.2) is 47.6 Å². The van der Waals surface area contributed by atoms with Crippen molar-refractivity contribution in [2.75, 3.05) is 0 Å². The van der Waals surface area contributed by atoms with Crippen LogP contribution in [-0.4, -0.2) is 9.97 Å². The third-order valence-corrected chi connectivity index (χ3v) is 2.65. The molecule has 0 radical (unpaired) electrons. The smallest absolute Gasteiger partial charge is 0.248 e. The van der Waals surface area contributed by atoms with Crippen molar-refractivity contribution in [3.8, 4) is 5.75 Å². The standard InChI is InChI=1S/C14H14N2O2/c1-10-3-6-12(7-4-10)15-16(18)13-8-5-11(2)14(17)9-13/h3-9,17H,1-2H3. The molecular formula is C14H14N2O2. The Balaban J connectivity index is 2.32. The van der Waals surface area contributed by atoms with Crippen molar-refractivity contribution in [3.63, 3.8) is 0 Å². The highest BCUT2D eigenvalue weighted by Gasteiger charge is 2.07. The van der Waals surface area contributed by atoms with Gasteiger partial charge < -0.3 is 10.3 Å². The summed E-state index contributed by atoms with van der Waals surface area (Å²) in [7, 11) is 0. The fourth-order valence-electron chi connectivity index (χ4n) is 1.49. The number of hydrogen-bond acceptors (Lipinski definition) is 3. The molecule has 0 amide bonds. The van der Waals surface area contributed by atoms with Gasteiger partial charge in [-0.15, -0.1) is 0 Å². The number of benzene rings is 2. The summed E-state index contributed by atoms with van der Waals surface area (Å²) in [5, 5.41) is 25.3. The summed E-state index contributed by atoms with van der Waals surface area (Å²) in [6.45, 7) is 3.74. The van der Waals surface area contributed by atoms with Gasteiger partial charge in [0.15, 0.2) is 0 Å². The summed E-state index contributed by atoms with van der Waals surface area (Å²) in [5.41, 5.74) is 2.72. The molecule has 92 valence electrons. The largest absolute Gasteiger partial charge is 0.594 e. The molecule has 2 aromatic carbocycles. The first-order valence-corrected chi connectivity index (χ1v) is 5.61. The third-order valence-electron chi connectivity index (χ3n) is 2.65. The molecule has 0 bridgehead atoms. The van der Waals surface area contributed by atoms with Gasteiger partial charge in [-0.25, -0.2) is 0 Å². The van der Waals surface area contributed by atoms with E-state index in [0.29, 0.717) is 16.2 Å². The molecule has 0 saturated carbocycles. The van der Waals surface area contributed by atoms with Gasteiger partial charge in [0.1, 0.15) is 11.4 Å². The van der Waals surface area contributed by atoms with Crippen LogP contribution in [-0.2, 0) is 0 Å². The Hall–Kier alpha value is -2.36. The van der Waals surface area contributed by atoms with Crippen LogP contribution >= 0.6 is 0 Å². The molecule has 2 aromatic rings. The molecule has 1 N–H and O–H groups in total. The van der Waals surface area contributed by atoms with Crippen LogP contribution in [0.25, 0.3) is 0 Å². The molecule has 18 heavy (non-hydrogen) atoms. The molecule has 4 heteroatoms. The number of nitrogens with zero attached hydrogens (tertiary/aromatic N) is 2. The zero-order valence-electron chi connectivity index (χ0n) is 10.3. The molecule has 0 aliphatic carbocycles. The van der Waals surface area contributed by atoms with Crippen LogP contribution in [0.4, 0.5) is 11.4 Å². The maximum absolute atomic E-state index is 11.8. The van der Waals surface area contributed by atoms with Crippen molar-refractivity contribution in [1.82, 2.24) is 0 Å². The van der Waals surface area contributed by atoms with Crippen LogP contribution in [0, 0.1) is 19.1 Å². The number of aryl methyl sites for hydroxylation is 2. The number of hydrogen-bond donors (Lipinski definition) is 1. The van der Waals surface area contributed by atoms with Gasteiger partial charge in [0.2, 0.25) is 5.69 Å². The summed E-state index contributed by atoms with van der Waals surface area (Å²) in [4.78, 5) is 0.504. The minimum atomic E-state index is 0.0902. The lowest BCUT2D eigenvalue weighted by atomic mass is 10.2. The molecule has 0 saturated heterocycles. The normalized spacial score (nSPS) is 11.6. The SMILES string of the molecule is Cc1ccc(N=[N+]([O-])c2ccc(C)c(O)c2)cc1. The Labute approximate surface area is 105 Å². The summed E-state index contributed by atoms with van der Waals surface area (Å²) >= 11 is 0. The van der Waals surface area contributed by atoms with Gasteiger partial charge in [0, 0.05) is 11.2 Å². The lowest BCUT2D eigenvalue weighted by Gasteiger charge is -2.02. The maximum Gasteiger partial charge on any atom is 0.248 e. The van der Waals surface area contributed by atoms with Crippen molar-refractivity contribution in [2.24, 2.45) is 5.11 Å². The van der Waals surface area contributed by atoms with Crippen LogP contribution in [0.1, 0.15) is 11.1 Å². The Kier molecular flexibility index (Phi) is 3.28. The van der Waals surface area contributed by atoms with E-state index in [9.17, 15) is 10.3 Å². The van der Waals surface area contributed by atoms with E-state index in [1.54, 1.807) is 31.2 Å². The second-order valence-corrected chi connectivity index (χ2v) is 4.18. The van der Waals surface area contributed by atoms with Gasteiger partial charge in [-0.3, -0.25) is 0 Å². The minimum Gasteiger partial charge on any atom is -0.594 e. The first-order valence-electron chi connectivity index (χ1n) is 5.61. The number of aromatic hydroxyl groups is 1. The van der Waals surface area contributed by atoms with Crippen LogP contribution in [0.5, 0.6) is 5.75 Å². The van der Waals surface area contributed by atoms with E-state index in [1.807, 2.05) is 19.1 Å². The first-order chi connectivity index (χ1) is 8.56. The van der Waals surface area contributed by atoms with Crippen molar-refractivity contribution < 1.29 is 9.97 Å². The molecule has 0 aliphatic heterocycles. The highest BCUT2D eigenvalue weighted by Crippen LogP contribution is 2.24. The fraction of sp³-hybridized carbons (Fsp3) is 0.143. The number of azo groups is 1. The second kappa shape index (κ2) is 4.87. The predicted octanol–water partition coefficient (Wildman–Crippen LogP) is 3.93. The van der Waals surface area contributed by atoms with Crippen LogP contribution in [0.2, 0.25) is 0 Å². The third kappa shape index (κ3) is 2.66. The Morgan fingerprint density at radius 2 is 1.72 bits per heavy atom. The molecule has 0 fully saturated rings. The summed E-state index contributed by atoms with van der Waals surface area (Å²) in [5.74, 6) is 0.0902. The lowest BCUT2D eigenvalue weighted by Crippen LogP contribution is -1.90. The van der Waals surface area contributed by atoms with Crippen molar-refractivity contribution in [3.05, 3.63) is 58.8 Å². The van der Waals surface area contributed by atoms with Crippen LogP contribution in [0.3, 0.4) is 0 Å². The van der Waals surface area contributed by atoms with Gasteiger partial charge in [0.05, 0.1) is 6.07 Å². The zero-order chi connectivity index (χ0) is 13.1. The fourth-order valence-corrected chi connectivity index (χ4v) is 1.49. The first kappa shape index (κ1) is 12.1. The van der Waals surface area contributed by atoms with E-state index < -0.39 is 0 Å². The lowest BCUT2D eigenvalue weighted by molar-refractivity contribution is -0.435. The summed E-state index contributed by atoms with van der Waals surface area (Å²) < 4.78 is 0. The van der Waals surface area contributed by atoms with E-state index >= 15 is 0 Å². The monoisotopic (exact) mass is 242 g/mol. The van der Waals surface area contributed by atoms with Crippen molar-refractivity contribution in [1.29, 1.82) is 0 Å². The van der Waals surface area contributed by atoms with Gasteiger partial charge in [0.25, 0.3) is 0 Å². The highest BCUT2D eigenvalue weighted by atomic mass is 16.5. The molecule has 0 aromatic heterocycles. The second-order valence-electron chi connectivity index (χ2n) is 4.18. The average molecular weight is 242 g/mol.